The van der Waals surface area contributed by atoms with Gasteiger partial charge in [-0.1, -0.05) is 30.3 Å². The van der Waals surface area contributed by atoms with Crippen LogP contribution in [-0.2, 0) is 10.2 Å². The number of para-hydroxylation sites is 1. The number of fused-ring (bicyclic) bond motifs is 2. The zero-order chi connectivity index (χ0) is 19.1. The maximum atomic E-state index is 12.9. The Morgan fingerprint density at radius 1 is 1.00 bits per heavy atom. The third-order valence-electron chi connectivity index (χ3n) is 5.97. The molecule has 2 aliphatic rings. The number of likely N-dealkylation sites (tertiary alicyclic amines) is 1. The summed E-state index contributed by atoms with van der Waals surface area (Å²) in [6, 6.07) is 17.3. The molecule has 2 amide bonds. The number of carbonyl (C=O) groups excluding carboxylic acids is 2. The molecule has 1 fully saturated rings. The minimum atomic E-state index is -0.502. The molecule has 0 aliphatic carbocycles. The lowest BCUT2D eigenvalue weighted by atomic mass is 9.73. The molecule has 1 saturated heterocycles. The molecule has 0 unspecified atom stereocenters. The summed E-state index contributed by atoms with van der Waals surface area (Å²) in [6.45, 7) is 1.14. The van der Waals surface area contributed by atoms with E-state index in [4.69, 9.17) is 0 Å². The summed E-state index contributed by atoms with van der Waals surface area (Å²) in [5.41, 5.74) is 4.04. The molecule has 2 aromatic carbocycles. The molecule has 2 N–H and O–H groups in total. The quantitative estimate of drug-likeness (QED) is 0.725. The van der Waals surface area contributed by atoms with Crippen molar-refractivity contribution in [3.63, 3.8) is 0 Å². The molecule has 0 bridgehead atoms. The molecule has 6 heteroatoms. The highest BCUT2D eigenvalue weighted by atomic mass is 16.2. The highest BCUT2D eigenvalue weighted by Gasteiger charge is 2.48. The number of hydrogen-bond donors (Lipinski definition) is 2. The van der Waals surface area contributed by atoms with Crippen molar-refractivity contribution in [2.45, 2.75) is 18.3 Å². The molecule has 1 aromatic heterocycles. The predicted molar refractivity (Wildman–Crippen MR) is 106 cm³/mol. The van der Waals surface area contributed by atoms with Gasteiger partial charge in [-0.2, -0.15) is 5.10 Å². The Labute approximate surface area is 162 Å². The van der Waals surface area contributed by atoms with Crippen molar-refractivity contribution < 1.29 is 9.59 Å². The van der Waals surface area contributed by atoms with E-state index in [2.05, 4.69) is 15.5 Å². The smallest absolute Gasteiger partial charge is 0.253 e. The van der Waals surface area contributed by atoms with Gasteiger partial charge in [-0.25, -0.2) is 0 Å². The van der Waals surface area contributed by atoms with Crippen LogP contribution < -0.4 is 5.32 Å². The normalized spacial score (nSPS) is 17.4. The van der Waals surface area contributed by atoms with Gasteiger partial charge in [0, 0.05) is 30.5 Å². The Balaban J connectivity index is 1.32. The molecule has 5 rings (SSSR count). The molecule has 2 aliphatic heterocycles. The number of aromatic nitrogens is 2. The summed E-state index contributed by atoms with van der Waals surface area (Å²) < 4.78 is 0. The average molecular weight is 372 g/mol. The lowest BCUT2D eigenvalue weighted by Gasteiger charge is -2.38. The third kappa shape index (κ3) is 2.52. The van der Waals surface area contributed by atoms with Crippen LogP contribution in [0.3, 0.4) is 0 Å². The zero-order valence-electron chi connectivity index (χ0n) is 15.3. The first-order valence-corrected chi connectivity index (χ1v) is 9.47. The number of amides is 2. The lowest BCUT2D eigenvalue weighted by Crippen LogP contribution is -2.48. The lowest BCUT2D eigenvalue weighted by molar-refractivity contribution is -0.122. The predicted octanol–water partition coefficient (Wildman–Crippen LogP) is 3.20. The first-order chi connectivity index (χ1) is 13.7. The second-order valence-corrected chi connectivity index (χ2v) is 7.42. The van der Waals surface area contributed by atoms with Crippen molar-refractivity contribution in [1.82, 2.24) is 15.1 Å². The van der Waals surface area contributed by atoms with Crippen LogP contribution in [0.25, 0.3) is 11.3 Å². The van der Waals surface area contributed by atoms with Crippen molar-refractivity contribution in [2.75, 3.05) is 18.4 Å². The molecule has 3 aromatic rings. The number of anilines is 1. The molecule has 140 valence electrons. The van der Waals surface area contributed by atoms with E-state index in [1.807, 2.05) is 59.5 Å². The Morgan fingerprint density at radius 2 is 1.75 bits per heavy atom. The van der Waals surface area contributed by atoms with Crippen LogP contribution in [0.15, 0.2) is 60.8 Å². The highest BCUT2D eigenvalue weighted by molar-refractivity contribution is 6.06. The van der Waals surface area contributed by atoms with E-state index in [1.165, 1.54) is 0 Å². The van der Waals surface area contributed by atoms with Gasteiger partial charge < -0.3 is 10.2 Å². The fourth-order valence-corrected chi connectivity index (χ4v) is 4.35. The molecule has 6 nitrogen and oxygen atoms in total. The Kier molecular flexibility index (Phi) is 3.79. The van der Waals surface area contributed by atoms with Crippen molar-refractivity contribution >= 4 is 17.5 Å². The number of hydrogen-bond acceptors (Lipinski definition) is 3. The summed E-state index contributed by atoms with van der Waals surface area (Å²) in [7, 11) is 0. The van der Waals surface area contributed by atoms with Crippen LogP contribution in [-0.4, -0.2) is 40.0 Å². The largest absolute Gasteiger partial charge is 0.339 e. The molecule has 0 saturated carbocycles. The molecule has 28 heavy (non-hydrogen) atoms. The number of H-pyrrole nitrogens is 1. The number of benzene rings is 2. The fourth-order valence-electron chi connectivity index (χ4n) is 4.35. The van der Waals surface area contributed by atoms with Crippen LogP contribution in [0, 0.1) is 0 Å². The first kappa shape index (κ1) is 16.7. The van der Waals surface area contributed by atoms with Gasteiger partial charge in [-0.15, -0.1) is 0 Å². The van der Waals surface area contributed by atoms with Gasteiger partial charge >= 0.3 is 0 Å². The SMILES string of the molecule is O=C(c1ccc(-c2ccn[nH]2)cc1)N1CCC2(CC1)C(=O)Nc1ccccc12. The average Bonchev–Trinajstić information content (AvgIpc) is 3.36. The Bertz CT molecular complexity index is 1030. The van der Waals surface area contributed by atoms with Gasteiger partial charge in [0.15, 0.2) is 0 Å². The van der Waals surface area contributed by atoms with E-state index >= 15 is 0 Å². The van der Waals surface area contributed by atoms with Crippen LogP contribution in [0.5, 0.6) is 0 Å². The van der Waals surface area contributed by atoms with E-state index in [0.717, 1.165) is 22.5 Å². The number of nitrogens with one attached hydrogen (secondary N) is 2. The summed E-state index contributed by atoms with van der Waals surface area (Å²) in [5, 5.41) is 9.88. The van der Waals surface area contributed by atoms with Gasteiger partial charge in [0.1, 0.15) is 0 Å². The summed E-state index contributed by atoms with van der Waals surface area (Å²) >= 11 is 0. The summed E-state index contributed by atoms with van der Waals surface area (Å²) in [4.78, 5) is 27.5. The molecule has 0 radical (unpaired) electrons. The van der Waals surface area contributed by atoms with Gasteiger partial charge in [-0.3, -0.25) is 14.7 Å². The van der Waals surface area contributed by atoms with Crippen LogP contribution in [0.4, 0.5) is 5.69 Å². The molecular weight excluding hydrogens is 352 g/mol. The van der Waals surface area contributed by atoms with Gasteiger partial charge in [0.05, 0.1) is 11.1 Å². The van der Waals surface area contributed by atoms with E-state index < -0.39 is 5.41 Å². The summed E-state index contributed by atoms with van der Waals surface area (Å²) in [5.74, 6) is 0.0717. The van der Waals surface area contributed by atoms with Crippen molar-refractivity contribution in [3.8, 4) is 11.3 Å². The van der Waals surface area contributed by atoms with Crippen LogP contribution >= 0.6 is 0 Å². The number of rotatable bonds is 2. The van der Waals surface area contributed by atoms with E-state index in [9.17, 15) is 9.59 Å². The van der Waals surface area contributed by atoms with Crippen LogP contribution in [0.1, 0.15) is 28.8 Å². The second-order valence-electron chi connectivity index (χ2n) is 7.42. The van der Waals surface area contributed by atoms with Crippen molar-refractivity contribution in [1.29, 1.82) is 0 Å². The van der Waals surface area contributed by atoms with E-state index in [0.29, 0.717) is 31.5 Å². The number of aromatic amines is 1. The zero-order valence-corrected chi connectivity index (χ0v) is 15.3. The highest BCUT2D eigenvalue weighted by Crippen LogP contribution is 2.44. The minimum absolute atomic E-state index is 0.0118. The standard InChI is InChI=1S/C22H20N4O2/c27-20(16-7-5-15(6-8-16)18-9-12-23-25-18)26-13-10-22(11-14-26)17-3-1-2-4-19(17)24-21(22)28/h1-9,12H,10-11,13-14H2,(H,23,25)(H,24,28). The first-order valence-electron chi connectivity index (χ1n) is 9.47. The number of piperidine rings is 1. The van der Waals surface area contributed by atoms with E-state index in [-0.39, 0.29) is 11.8 Å². The number of nitrogens with zero attached hydrogens (tertiary/aromatic N) is 2. The fraction of sp³-hybridized carbons (Fsp3) is 0.227. The molecule has 1 spiro atoms. The monoisotopic (exact) mass is 372 g/mol. The van der Waals surface area contributed by atoms with Crippen molar-refractivity contribution in [2.24, 2.45) is 0 Å². The van der Waals surface area contributed by atoms with E-state index in [1.54, 1.807) is 6.20 Å². The van der Waals surface area contributed by atoms with Crippen molar-refractivity contribution in [3.05, 3.63) is 71.9 Å². The van der Waals surface area contributed by atoms with Crippen LogP contribution in [0.2, 0.25) is 0 Å². The number of carbonyl (C=O) groups is 2. The maximum Gasteiger partial charge on any atom is 0.253 e. The molecular formula is C22H20N4O2. The summed E-state index contributed by atoms with van der Waals surface area (Å²) in [6.07, 6.45) is 3.00. The Morgan fingerprint density at radius 3 is 2.46 bits per heavy atom. The molecule has 0 atom stereocenters. The van der Waals surface area contributed by atoms with Gasteiger partial charge in [0.25, 0.3) is 5.91 Å². The minimum Gasteiger partial charge on any atom is -0.339 e. The molecule has 3 heterocycles. The maximum absolute atomic E-state index is 12.9. The third-order valence-corrected chi connectivity index (χ3v) is 5.97. The Hall–Kier alpha value is -3.41. The second kappa shape index (κ2) is 6.34. The topological polar surface area (TPSA) is 78.1 Å². The van der Waals surface area contributed by atoms with Gasteiger partial charge in [-0.05, 0) is 48.2 Å². The van der Waals surface area contributed by atoms with Gasteiger partial charge in [0.2, 0.25) is 5.91 Å².